The Kier molecular flexibility index (Phi) is 5.87. The maximum atomic E-state index is 3.44. The minimum absolute atomic E-state index is 1.05. The van der Waals surface area contributed by atoms with Crippen molar-refractivity contribution in [2.75, 3.05) is 11.9 Å². The molecule has 0 aliphatic carbocycles. The monoisotopic (exact) mass is 329 g/mol. The summed E-state index contributed by atoms with van der Waals surface area (Å²) in [6.45, 7) is 3.25. The lowest BCUT2D eigenvalue weighted by Crippen LogP contribution is -2.00. The molecule has 0 amide bonds. The van der Waals surface area contributed by atoms with Gasteiger partial charge in [-0.1, -0.05) is 65.7 Å². The summed E-state index contributed by atoms with van der Waals surface area (Å²) < 4.78 is 1.11. The van der Waals surface area contributed by atoms with Crippen LogP contribution in [0.15, 0.2) is 53.0 Å². The first-order valence-electron chi connectivity index (χ1n) is 7.05. The number of anilines is 1. The lowest BCUT2D eigenvalue weighted by Gasteiger charge is -2.05. The molecule has 0 fully saturated rings. The molecular weight excluding hydrogens is 310 g/mol. The Labute approximate surface area is 129 Å². The first-order valence-corrected chi connectivity index (χ1v) is 7.85. The molecule has 0 aliphatic heterocycles. The predicted molar refractivity (Wildman–Crippen MR) is 92.9 cm³/mol. The normalized spacial score (nSPS) is 10.9. The second-order valence-electron chi connectivity index (χ2n) is 4.79. The largest absolute Gasteiger partial charge is 0.385 e. The van der Waals surface area contributed by atoms with Crippen molar-refractivity contribution < 1.29 is 0 Å². The van der Waals surface area contributed by atoms with Gasteiger partial charge < -0.3 is 5.32 Å². The van der Waals surface area contributed by atoms with Crippen LogP contribution in [0.2, 0.25) is 0 Å². The van der Waals surface area contributed by atoms with Crippen LogP contribution in [0.25, 0.3) is 12.2 Å². The summed E-state index contributed by atoms with van der Waals surface area (Å²) in [7, 11) is 0. The summed E-state index contributed by atoms with van der Waals surface area (Å²) >= 11 is 3.44. The van der Waals surface area contributed by atoms with Gasteiger partial charge >= 0.3 is 0 Å². The maximum Gasteiger partial charge on any atom is 0.0340 e. The van der Waals surface area contributed by atoms with E-state index in [1.54, 1.807) is 0 Å². The Hall–Kier alpha value is -1.54. The van der Waals surface area contributed by atoms with Crippen molar-refractivity contribution in [1.82, 2.24) is 0 Å². The van der Waals surface area contributed by atoms with Crippen molar-refractivity contribution >= 4 is 33.8 Å². The second kappa shape index (κ2) is 7.91. The molecule has 0 spiro atoms. The van der Waals surface area contributed by atoms with Crippen LogP contribution in [0.4, 0.5) is 5.69 Å². The molecule has 0 heterocycles. The van der Waals surface area contributed by atoms with Gasteiger partial charge in [-0.05, 0) is 41.8 Å². The minimum Gasteiger partial charge on any atom is -0.385 e. The zero-order valence-corrected chi connectivity index (χ0v) is 13.4. The quantitative estimate of drug-likeness (QED) is 0.519. The average Bonchev–Trinajstić information content (AvgIpc) is 2.48. The van der Waals surface area contributed by atoms with Gasteiger partial charge in [0.2, 0.25) is 0 Å². The van der Waals surface area contributed by atoms with E-state index in [1.165, 1.54) is 29.7 Å². The molecule has 0 aliphatic rings. The van der Waals surface area contributed by atoms with Crippen molar-refractivity contribution in [3.63, 3.8) is 0 Å². The van der Waals surface area contributed by atoms with Crippen LogP contribution in [-0.4, -0.2) is 6.54 Å². The van der Waals surface area contributed by atoms with Crippen LogP contribution in [-0.2, 0) is 0 Å². The summed E-state index contributed by atoms with van der Waals surface area (Å²) in [5.41, 5.74) is 3.62. The van der Waals surface area contributed by atoms with Crippen LogP contribution in [0.3, 0.4) is 0 Å². The zero-order chi connectivity index (χ0) is 14.2. The molecule has 0 bridgehead atoms. The Morgan fingerprint density at radius 3 is 2.00 bits per heavy atom. The maximum absolute atomic E-state index is 3.44. The highest BCUT2D eigenvalue weighted by atomic mass is 79.9. The van der Waals surface area contributed by atoms with Crippen LogP contribution in [0.5, 0.6) is 0 Å². The highest BCUT2D eigenvalue weighted by molar-refractivity contribution is 9.10. The highest BCUT2D eigenvalue weighted by Crippen LogP contribution is 2.15. The van der Waals surface area contributed by atoms with Gasteiger partial charge in [0, 0.05) is 16.7 Å². The van der Waals surface area contributed by atoms with E-state index in [0.717, 1.165) is 11.0 Å². The molecule has 20 heavy (non-hydrogen) atoms. The molecule has 0 radical (unpaired) electrons. The number of hydrogen-bond donors (Lipinski definition) is 1. The number of rotatable bonds is 6. The molecular formula is C18H20BrN. The fourth-order valence-corrected chi connectivity index (χ4v) is 2.15. The van der Waals surface area contributed by atoms with Gasteiger partial charge in [-0.15, -0.1) is 0 Å². The molecule has 2 heteroatoms. The first kappa shape index (κ1) is 14.9. The van der Waals surface area contributed by atoms with Gasteiger partial charge in [-0.25, -0.2) is 0 Å². The zero-order valence-electron chi connectivity index (χ0n) is 11.8. The summed E-state index contributed by atoms with van der Waals surface area (Å²) in [6, 6.07) is 16.9. The number of nitrogens with one attached hydrogen (secondary N) is 1. The molecule has 1 N–H and O–H groups in total. The van der Waals surface area contributed by atoms with Gasteiger partial charge in [-0.2, -0.15) is 0 Å². The van der Waals surface area contributed by atoms with E-state index in [2.05, 4.69) is 88.9 Å². The molecule has 2 aromatic rings. The third kappa shape index (κ3) is 4.86. The first-order chi connectivity index (χ1) is 9.78. The van der Waals surface area contributed by atoms with E-state index in [1.807, 2.05) is 0 Å². The molecule has 0 aromatic heterocycles. The molecule has 2 rings (SSSR count). The van der Waals surface area contributed by atoms with Gasteiger partial charge in [0.25, 0.3) is 0 Å². The van der Waals surface area contributed by atoms with E-state index in [0.29, 0.717) is 0 Å². The topological polar surface area (TPSA) is 12.0 Å². The summed E-state index contributed by atoms with van der Waals surface area (Å²) in [4.78, 5) is 0. The van der Waals surface area contributed by atoms with Gasteiger partial charge in [0.05, 0.1) is 0 Å². The van der Waals surface area contributed by atoms with Gasteiger partial charge in [-0.3, -0.25) is 0 Å². The van der Waals surface area contributed by atoms with Crippen molar-refractivity contribution in [1.29, 1.82) is 0 Å². The Balaban J connectivity index is 1.94. The molecule has 0 saturated carbocycles. The Morgan fingerprint density at radius 1 is 0.900 bits per heavy atom. The minimum atomic E-state index is 1.05. The van der Waals surface area contributed by atoms with Crippen LogP contribution >= 0.6 is 15.9 Å². The molecule has 2 aromatic carbocycles. The molecule has 1 nitrogen and oxygen atoms in total. The van der Waals surface area contributed by atoms with Crippen LogP contribution in [0.1, 0.15) is 30.9 Å². The fraction of sp³-hybridized carbons (Fsp3) is 0.222. The molecule has 104 valence electrons. The molecule has 0 saturated heterocycles. The SMILES string of the molecule is CCCCNc1ccc(/C=C/c2ccc(Br)cc2)cc1. The van der Waals surface area contributed by atoms with Crippen LogP contribution < -0.4 is 5.32 Å². The van der Waals surface area contributed by atoms with Crippen molar-refractivity contribution in [3.05, 3.63) is 64.1 Å². The molecule has 0 atom stereocenters. The third-order valence-corrected chi connectivity index (χ3v) is 3.64. The Bertz CT molecular complexity index is 541. The smallest absolute Gasteiger partial charge is 0.0340 e. The molecule has 0 unspecified atom stereocenters. The van der Waals surface area contributed by atoms with E-state index in [4.69, 9.17) is 0 Å². The van der Waals surface area contributed by atoms with E-state index >= 15 is 0 Å². The lowest BCUT2D eigenvalue weighted by molar-refractivity contribution is 0.834. The summed E-state index contributed by atoms with van der Waals surface area (Å²) in [5.74, 6) is 0. The highest BCUT2D eigenvalue weighted by Gasteiger charge is 1.92. The van der Waals surface area contributed by atoms with Crippen LogP contribution in [0, 0.1) is 0 Å². The van der Waals surface area contributed by atoms with E-state index in [9.17, 15) is 0 Å². The standard InChI is InChI=1S/C18H20BrN/c1-2-3-14-20-18-12-8-16(9-13-18)5-4-15-6-10-17(19)11-7-15/h4-13,20H,2-3,14H2,1H3/b5-4+. The number of benzene rings is 2. The van der Waals surface area contributed by atoms with Crippen molar-refractivity contribution in [2.45, 2.75) is 19.8 Å². The third-order valence-electron chi connectivity index (χ3n) is 3.11. The Morgan fingerprint density at radius 2 is 1.45 bits per heavy atom. The van der Waals surface area contributed by atoms with Gasteiger partial charge in [0.1, 0.15) is 0 Å². The van der Waals surface area contributed by atoms with E-state index < -0.39 is 0 Å². The summed E-state index contributed by atoms with van der Waals surface area (Å²) in [5, 5.41) is 3.42. The predicted octanol–water partition coefficient (Wildman–Crippen LogP) is 5.83. The average molecular weight is 330 g/mol. The number of unbranched alkanes of at least 4 members (excludes halogenated alkanes) is 1. The van der Waals surface area contributed by atoms with Gasteiger partial charge in [0.15, 0.2) is 0 Å². The van der Waals surface area contributed by atoms with E-state index in [-0.39, 0.29) is 0 Å². The number of hydrogen-bond acceptors (Lipinski definition) is 1. The van der Waals surface area contributed by atoms with Crippen molar-refractivity contribution in [3.8, 4) is 0 Å². The van der Waals surface area contributed by atoms with Crippen molar-refractivity contribution in [2.24, 2.45) is 0 Å². The number of halogens is 1. The second-order valence-corrected chi connectivity index (χ2v) is 5.70. The lowest BCUT2D eigenvalue weighted by atomic mass is 10.1. The fourth-order valence-electron chi connectivity index (χ4n) is 1.89. The summed E-state index contributed by atoms with van der Waals surface area (Å²) in [6.07, 6.45) is 6.71.